The van der Waals surface area contributed by atoms with Gasteiger partial charge in [0, 0.05) is 5.69 Å². The molecular weight excluding hydrogens is 188 g/mol. The Hall–Kier alpha value is -1.64. The van der Waals surface area contributed by atoms with Crippen molar-refractivity contribution in [1.82, 2.24) is 4.98 Å². The minimum Gasteiger partial charge on any atom is -0.325 e. The zero-order chi connectivity index (χ0) is 11.6. The molecule has 0 amide bonds. The molecule has 0 unspecified atom stereocenters. The van der Waals surface area contributed by atoms with Crippen molar-refractivity contribution in [3.63, 3.8) is 0 Å². The van der Waals surface area contributed by atoms with Crippen molar-refractivity contribution in [1.29, 1.82) is 5.41 Å². The largest absolute Gasteiger partial charge is 0.325 e. The number of nitrogens with one attached hydrogen (secondary N) is 2. The molecule has 0 spiro atoms. The normalized spacial score (nSPS) is 10.4. The highest BCUT2D eigenvalue weighted by Gasteiger charge is 2.08. The number of aromatic nitrogens is 1. The standard InChI is InChI=1S/C12H16N2O/c1-7(2)10-6-5-9(12(15)14-10)11(13)8(3)4/h5-7,13H,3H2,1-2,4H3,(H,14,15). The van der Waals surface area contributed by atoms with Crippen LogP contribution in [0.2, 0.25) is 0 Å². The van der Waals surface area contributed by atoms with Crippen LogP contribution in [0.5, 0.6) is 0 Å². The average Bonchev–Trinajstić information content (AvgIpc) is 2.16. The molecule has 2 N–H and O–H groups in total. The number of allylic oxidation sites excluding steroid dienone is 1. The van der Waals surface area contributed by atoms with E-state index >= 15 is 0 Å². The number of pyridine rings is 1. The second-order valence-electron chi connectivity index (χ2n) is 3.97. The fourth-order valence-corrected chi connectivity index (χ4v) is 1.25. The smallest absolute Gasteiger partial charge is 0.257 e. The molecule has 0 aliphatic rings. The van der Waals surface area contributed by atoms with Gasteiger partial charge in [-0.2, -0.15) is 0 Å². The van der Waals surface area contributed by atoms with Crippen LogP contribution in [0.15, 0.2) is 29.1 Å². The maximum atomic E-state index is 11.7. The molecule has 3 heteroatoms. The van der Waals surface area contributed by atoms with Crippen molar-refractivity contribution in [2.75, 3.05) is 0 Å². The van der Waals surface area contributed by atoms with E-state index in [0.717, 1.165) is 5.69 Å². The molecular formula is C12H16N2O. The topological polar surface area (TPSA) is 56.7 Å². The van der Waals surface area contributed by atoms with Crippen molar-refractivity contribution < 1.29 is 0 Å². The summed E-state index contributed by atoms with van der Waals surface area (Å²) in [5, 5.41) is 7.68. The maximum Gasteiger partial charge on any atom is 0.257 e. The number of aromatic amines is 1. The molecule has 0 radical (unpaired) electrons. The predicted molar refractivity (Wildman–Crippen MR) is 62.8 cm³/mol. The Morgan fingerprint density at radius 3 is 2.47 bits per heavy atom. The lowest BCUT2D eigenvalue weighted by molar-refractivity contribution is 0.815. The van der Waals surface area contributed by atoms with Gasteiger partial charge in [0.25, 0.3) is 5.56 Å². The van der Waals surface area contributed by atoms with Gasteiger partial charge >= 0.3 is 0 Å². The number of hydrogen-bond donors (Lipinski definition) is 2. The van der Waals surface area contributed by atoms with Crippen LogP contribution in [-0.2, 0) is 0 Å². The molecule has 0 aromatic carbocycles. The van der Waals surface area contributed by atoms with E-state index in [-0.39, 0.29) is 17.2 Å². The maximum absolute atomic E-state index is 11.7. The number of hydrogen-bond acceptors (Lipinski definition) is 2. The van der Waals surface area contributed by atoms with Crippen molar-refractivity contribution >= 4 is 5.71 Å². The van der Waals surface area contributed by atoms with Crippen LogP contribution in [0.25, 0.3) is 0 Å². The van der Waals surface area contributed by atoms with Gasteiger partial charge in [0.2, 0.25) is 0 Å². The summed E-state index contributed by atoms with van der Waals surface area (Å²) < 4.78 is 0. The van der Waals surface area contributed by atoms with E-state index in [4.69, 9.17) is 5.41 Å². The molecule has 0 aliphatic carbocycles. The van der Waals surface area contributed by atoms with Crippen molar-refractivity contribution in [2.45, 2.75) is 26.7 Å². The highest BCUT2D eigenvalue weighted by atomic mass is 16.1. The molecule has 1 aromatic rings. The van der Waals surface area contributed by atoms with Crippen LogP contribution in [0.1, 0.15) is 37.9 Å². The number of H-pyrrole nitrogens is 1. The van der Waals surface area contributed by atoms with Gasteiger partial charge in [0.15, 0.2) is 0 Å². The van der Waals surface area contributed by atoms with E-state index in [1.807, 2.05) is 19.9 Å². The average molecular weight is 204 g/mol. The molecule has 1 aromatic heterocycles. The molecule has 0 bridgehead atoms. The van der Waals surface area contributed by atoms with E-state index in [9.17, 15) is 4.79 Å². The zero-order valence-electron chi connectivity index (χ0n) is 9.35. The van der Waals surface area contributed by atoms with Crippen molar-refractivity contribution in [3.05, 3.63) is 45.9 Å². The van der Waals surface area contributed by atoms with Gasteiger partial charge in [0.05, 0.1) is 11.3 Å². The Morgan fingerprint density at radius 1 is 1.47 bits per heavy atom. The quantitative estimate of drug-likeness (QED) is 0.730. The zero-order valence-corrected chi connectivity index (χ0v) is 9.35. The highest BCUT2D eigenvalue weighted by Crippen LogP contribution is 2.10. The summed E-state index contributed by atoms with van der Waals surface area (Å²) in [6, 6.07) is 3.53. The SMILES string of the molecule is C=C(C)C(=N)c1ccc(C(C)C)[nH]c1=O. The summed E-state index contributed by atoms with van der Waals surface area (Å²) in [7, 11) is 0. The first-order valence-electron chi connectivity index (χ1n) is 4.91. The highest BCUT2D eigenvalue weighted by molar-refractivity contribution is 6.09. The first kappa shape index (κ1) is 11.4. The van der Waals surface area contributed by atoms with Crippen molar-refractivity contribution in [3.8, 4) is 0 Å². The summed E-state index contributed by atoms with van der Waals surface area (Å²) in [5.41, 5.74) is 1.85. The van der Waals surface area contributed by atoms with Gasteiger partial charge in [-0.1, -0.05) is 20.4 Å². The Bertz CT molecular complexity index is 455. The van der Waals surface area contributed by atoms with Gasteiger partial charge in [-0.3, -0.25) is 10.2 Å². The molecule has 80 valence electrons. The van der Waals surface area contributed by atoms with E-state index in [2.05, 4.69) is 11.6 Å². The monoisotopic (exact) mass is 204 g/mol. The second kappa shape index (κ2) is 4.26. The van der Waals surface area contributed by atoms with Gasteiger partial charge in [-0.25, -0.2) is 0 Å². The van der Waals surface area contributed by atoms with E-state index < -0.39 is 0 Å². The molecule has 1 rings (SSSR count). The Morgan fingerprint density at radius 2 is 2.07 bits per heavy atom. The van der Waals surface area contributed by atoms with Gasteiger partial charge < -0.3 is 4.98 Å². The third kappa shape index (κ3) is 2.43. The molecule has 0 atom stereocenters. The fourth-order valence-electron chi connectivity index (χ4n) is 1.25. The lowest BCUT2D eigenvalue weighted by atomic mass is 10.0. The Balaban J connectivity index is 3.20. The molecule has 0 saturated heterocycles. The predicted octanol–water partition coefficient (Wildman–Crippen LogP) is 2.44. The molecule has 3 nitrogen and oxygen atoms in total. The second-order valence-corrected chi connectivity index (χ2v) is 3.97. The van der Waals surface area contributed by atoms with Crippen LogP contribution in [-0.4, -0.2) is 10.7 Å². The van der Waals surface area contributed by atoms with Gasteiger partial charge in [0.1, 0.15) is 0 Å². The third-order valence-electron chi connectivity index (χ3n) is 2.25. The molecule has 1 heterocycles. The lowest BCUT2D eigenvalue weighted by Crippen LogP contribution is -2.19. The van der Waals surface area contributed by atoms with E-state index in [1.54, 1.807) is 13.0 Å². The summed E-state index contributed by atoms with van der Waals surface area (Å²) in [4.78, 5) is 14.4. The van der Waals surface area contributed by atoms with E-state index in [1.165, 1.54) is 0 Å². The molecule has 15 heavy (non-hydrogen) atoms. The van der Waals surface area contributed by atoms with Gasteiger partial charge in [-0.05, 0) is 30.5 Å². The van der Waals surface area contributed by atoms with Crippen LogP contribution in [0.3, 0.4) is 0 Å². The Kier molecular flexibility index (Phi) is 3.24. The summed E-state index contributed by atoms with van der Waals surface area (Å²) in [6.45, 7) is 9.39. The van der Waals surface area contributed by atoms with Gasteiger partial charge in [-0.15, -0.1) is 0 Å². The molecule has 0 fully saturated rings. The van der Waals surface area contributed by atoms with E-state index in [0.29, 0.717) is 11.1 Å². The minimum atomic E-state index is -0.214. The first-order valence-corrected chi connectivity index (χ1v) is 4.91. The molecule has 0 saturated carbocycles. The van der Waals surface area contributed by atoms with Crippen LogP contribution < -0.4 is 5.56 Å². The fraction of sp³-hybridized carbons (Fsp3) is 0.333. The van der Waals surface area contributed by atoms with Crippen LogP contribution in [0, 0.1) is 5.41 Å². The lowest BCUT2D eigenvalue weighted by Gasteiger charge is -2.07. The number of rotatable bonds is 3. The van der Waals surface area contributed by atoms with Crippen LogP contribution >= 0.6 is 0 Å². The summed E-state index contributed by atoms with van der Waals surface area (Å²) in [5.74, 6) is 0.283. The van der Waals surface area contributed by atoms with Crippen molar-refractivity contribution in [2.24, 2.45) is 0 Å². The van der Waals surface area contributed by atoms with Crippen LogP contribution in [0.4, 0.5) is 0 Å². The first-order chi connectivity index (χ1) is 6.93. The third-order valence-corrected chi connectivity index (χ3v) is 2.25. The summed E-state index contributed by atoms with van der Waals surface area (Å²) in [6.07, 6.45) is 0. The Labute approximate surface area is 89.4 Å². The summed E-state index contributed by atoms with van der Waals surface area (Å²) >= 11 is 0. The molecule has 0 aliphatic heterocycles. The minimum absolute atomic E-state index is 0.201.